The van der Waals surface area contributed by atoms with Crippen molar-refractivity contribution in [2.45, 2.75) is 30.9 Å². The van der Waals surface area contributed by atoms with E-state index in [-0.39, 0.29) is 23.7 Å². The summed E-state index contributed by atoms with van der Waals surface area (Å²) in [5.41, 5.74) is 9.68. The lowest BCUT2D eigenvalue weighted by Gasteiger charge is -2.24. The molecular weight excluding hydrogens is 538 g/mol. The van der Waals surface area contributed by atoms with Crippen molar-refractivity contribution >= 4 is 32.7 Å². The van der Waals surface area contributed by atoms with Crippen LogP contribution < -0.4 is 14.8 Å². The molecule has 41 heavy (non-hydrogen) atoms. The van der Waals surface area contributed by atoms with Crippen LogP contribution in [0.25, 0.3) is 10.9 Å². The first-order chi connectivity index (χ1) is 19.8. The number of aromatic nitrogens is 2. The van der Waals surface area contributed by atoms with Gasteiger partial charge in [0.05, 0.1) is 28.1 Å². The van der Waals surface area contributed by atoms with E-state index in [0.717, 1.165) is 11.1 Å². The van der Waals surface area contributed by atoms with E-state index >= 15 is 0 Å². The van der Waals surface area contributed by atoms with Crippen molar-refractivity contribution in [2.75, 3.05) is 4.31 Å². The molecule has 0 spiro atoms. The summed E-state index contributed by atoms with van der Waals surface area (Å²) in [5.74, 6) is -0.532. The van der Waals surface area contributed by atoms with Crippen LogP contribution in [0.4, 0.5) is 5.82 Å². The van der Waals surface area contributed by atoms with Crippen molar-refractivity contribution in [3.8, 4) is 11.8 Å². The lowest BCUT2D eigenvalue weighted by molar-refractivity contribution is -0.118. The third-order valence-corrected chi connectivity index (χ3v) is 8.32. The van der Waals surface area contributed by atoms with Gasteiger partial charge in [-0.25, -0.2) is 8.42 Å². The van der Waals surface area contributed by atoms with Gasteiger partial charge < -0.3 is 10.5 Å². The highest BCUT2D eigenvalue weighted by molar-refractivity contribution is 7.93. The molecule has 0 saturated heterocycles. The van der Waals surface area contributed by atoms with E-state index in [4.69, 9.17) is 10.5 Å². The van der Waals surface area contributed by atoms with Gasteiger partial charge in [-0.2, -0.15) is 14.7 Å². The van der Waals surface area contributed by atoms with E-state index in [0.29, 0.717) is 32.1 Å². The summed E-state index contributed by atoms with van der Waals surface area (Å²) in [4.78, 5) is 13.8. The van der Waals surface area contributed by atoms with Crippen LogP contribution in [0, 0.1) is 18.3 Å². The van der Waals surface area contributed by atoms with Crippen LogP contribution in [0.5, 0.6) is 5.75 Å². The largest absolute Gasteiger partial charge is 0.489 e. The van der Waals surface area contributed by atoms with Gasteiger partial charge in [-0.3, -0.25) is 9.89 Å². The Morgan fingerprint density at radius 1 is 1.02 bits per heavy atom. The number of nitrogens with two attached hydrogens (primary N) is 1. The van der Waals surface area contributed by atoms with Gasteiger partial charge in [0.2, 0.25) is 0 Å². The highest BCUT2D eigenvalue weighted by Crippen LogP contribution is 2.32. The molecule has 0 radical (unpaired) electrons. The number of carbonyl (C=O) groups is 1. The monoisotopic (exact) mass is 565 g/mol. The quantitative estimate of drug-likeness (QED) is 0.266. The minimum absolute atomic E-state index is 0.0694. The molecule has 1 aromatic heterocycles. The first kappa shape index (κ1) is 27.6. The first-order valence-electron chi connectivity index (χ1n) is 12.8. The number of nitrogens with one attached hydrogen (secondary N) is 1. The second-order valence-corrected chi connectivity index (χ2v) is 11.3. The third kappa shape index (κ3) is 5.82. The summed E-state index contributed by atoms with van der Waals surface area (Å²) in [6, 6.07) is 28.4. The van der Waals surface area contributed by atoms with Gasteiger partial charge in [0, 0.05) is 10.9 Å². The van der Waals surface area contributed by atoms with Crippen molar-refractivity contribution in [1.82, 2.24) is 10.2 Å². The zero-order valence-electron chi connectivity index (χ0n) is 22.2. The zero-order valence-corrected chi connectivity index (χ0v) is 23.0. The number of nitrogens with zero attached hydrogens (tertiary/aromatic N) is 3. The Morgan fingerprint density at radius 3 is 2.46 bits per heavy atom. The molecule has 0 aliphatic heterocycles. The van der Waals surface area contributed by atoms with Gasteiger partial charge in [0.15, 0.2) is 5.82 Å². The average molecular weight is 566 g/mol. The Morgan fingerprint density at radius 2 is 1.73 bits per heavy atom. The van der Waals surface area contributed by atoms with Gasteiger partial charge in [0.25, 0.3) is 15.9 Å². The molecule has 1 amide bonds. The van der Waals surface area contributed by atoms with Crippen molar-refractivity contribution in [3.05, 3.63) is 119 Å². The minimum atomic E-state index is -4.40. The summed E-state index contributed by atoms with van der Waals surface area (Å²) < 4.78 is 34.6. The lowest BCUT2D eigenvalue weighted by atomic mass is 10.1. The van der Waals surface area contributed by atoms with Crippen LogP contribution >= 0.6 is 0 Å². The average Bonchev–Trinajstić information content (AvgIpc) is 3.39. The highest BCUT2D eigenvalue weighted by atomic mass is 32.2. The number of rotatable bonds is 9. The number of aromatic amines is 1. The number of ether oxygens (including phenoxy) is 1. The minimum Gasteiger partial charge on any atom is -0.489 e. The van der Waals surface area contributed by atoms with E-state index in [1.54, 1.807) is 48.5 Å². The smallest absolute Gasteiger partial charge is 0.272 e. The number of aryl methyl sites for hydroxylation is 1. The molecule has 1 heterocycles. The molecule has 0 aliphatic carbocycles. The summed E-state index contributed by atoms with van der Waals surface area (Å²) in [7, 11) is -4.40. The number of sulfonamides is 1. The van der Waals surface area contributed by atoms with E-state index in [2.05, 4.69) is 16.3 Å². The molecule has 206 valence electrons. The molecule has 9 nitrogen and oxygen atoms in total. The maximum absolute atomic E-state index is 14.0. The maximum atomic E-state index is 14.0. The van der Waals surface area contributed by atoms with Crippen LogP contribution in [0.3, 0.4) is 0 Å². The molecule has 5 rings (SSSR count). The molecule has 0 bridgehead atoms. The predicted molar refractivity (Wildman–Crippen MR) is 156 cm³/mol. The van der Waals surface area contributed by atoms with E-state index in [9.17, 15) is 18.5 Å². The summed E-state index contributed by atoms with van der Waals surface area (Å²) in [6.07, 6.45) is 0.134. The molecular formula is C31H27N5O4S. The number of benzene rings is 4. The van der Waals surface area contributed by atoms with Gasteiger partial charge >= 0.3 is 0 Å². The lowest BCUT2D eigenvalue weighted by Crippen LogP contribution is -2.48. The second kappa shape index (κ2) is 11.6. The predicted octanol–water partition coefficient (Wildman–Crippen LogP) is 4.61. The number of fused-ring (bicyclic) bond motifs is 1. The van der Waals surface area contributed by atoms with E-state index in [1.807, 2.05) is 43.3 Å². The number of anilines is 1. The van der Waals surface area contributed by atoms with Crippen LogP contribution in [0.15, 0.2) is 102 Å². The van der Waals surface area contributed by atoms with Crippen molar-refractivity contribution in [1.29, 1.82) is 5.26 Å². The highest BCUT2D eigenvalue weighted by Gasteiger charge is 2.37. The topological polar surface area (TPSA) is 142 Å². The van der Waals surface area contributed by atoms with Crippen molar-refractivity contribution in [3.63, 3.8) is 0 Å². The van der Waals surface area contributed by atoms with Crippen LogP contribution in [0.1, 0.15) is 22.3 Å². The zero-order chi connectivity index (χ0) is 29.0. The molecule has 0 unspecified atom stereocenters. The number of carbonyl (C=O) groups excluding carboxylic acids is 1. The molecule has 0 aliphatic rings. The van der Waals surface area contributed by atoms with Gasteiger partial charge in [-0.05, 0) is 55.3 Å². The molecule has 0 saturated carbocycles. The molecule has 3 N–H and O–H groups in total. The molecule has 10 heteroatoms. The van der Waals surface area contributed by atoms with Crippen LogP contribution in [-0.2, 0) is 27.8 Å². The van der Waals surface area contributed by atoms with E-state index < -0.39 is 22.0 Å². The molecule has 5 aromatic rings. The summed E-state index contributed by atoms with van der Waals surface area (Å²) in [5, 5.41) is 16.8. The van der Waals surface area contributed by atoms with Crippen molar-refractivity contribution < 1.29 is 17.9 Å². The fourth-order valence-corrected chi connectivity index (χ4v) is 5.83. The van der Waals surface area contributed by atoms with Gasteiger partial charge in [-0.15, -0.1) is 0 Å². The van der Waals surface area contributed by atoms with E-state index in [1.165, 1.54) is 12.1 Å². The number of hydrogen-bond acceptors (Lipinski definition) is 7. The fourth-order valence-electron chi connectivity index (χ4n) is 4.40. The standard InChI is InChI=1S/C31H27N5O4S/c1-21-11-14-26(15-12-21)41(38,39)36(31(37)28(33)17-22-7-3-2-4-8-22)30-27-18-25(13-16-29(27)34-35-30)40-20-24-10-6-5-9-23(24)19-32/h2-16,18,28H,17,20,33H2,1H3,(H,34,35)/t28-/m0/s1. The first-order valence-corrected chi connectivity index (χ1v) is 14.3. The normalized spacial score (nSPS) is 12.0. The van der Waals surface area contributed by atoms with Crippen molar-refractivity contribution in [2.24, 2.45) is 5.73 Å². The Balaban J connectivity index is 1.55. The van der Waals surface area contributed by atoms with Gasteiger partial charge in [0.1, 0.15) is 12.4 Å². The van der Waals surface area contributed by atoms with Crippen LogP contribution in [-0.4, -0.2) is 30.6 Å². The van der Waals surface area contributed by atoms with Crippen LogP contribution in [0.2, 0.25) is 0 Å². The SMILES string of the molecule is Cc1ccc(S(=O)(=O)N(C(=O)[C@@H](N)Cc2ccccc2)c2n[nH]c3ccc(OCc4ccccc4C#N)cc23)cc1. The number of H-pyrrole nitrogens is 1. The third-order valence-electron chi connectivity index (χ3n) is 6.61. The Bertz CT molecular complexity index is 1850. The Labute approximate surface area is 237 Å². The number of nitriles is 1. The second-order valence-electron chi connectivity index (χ2n) is 9.53. The molecule has 4 aromatic carbocycles. The Kier molecular flexibility index (Phi) is 7.83. The number of hydrogen-bond donors (Lipinski definition) is 2. The van der Waals surface area contributed by atoms with Gasteiger partial charge in [-0.1, -0.05) is 66.2 Å². The summed E-state index contributed by atoms with van der Waals surface area (Å²) >= 11 is 0. The maximum Gasteiger partial charge on any atom is 0.272 e. The Hall–Kier alpha value is -4.98. The molecule has 1 atom stereocenters. The fraction of sp³-hybridized carbons (Fsp3) is 0.129. The summed E-state index contributed by atoms with van der Waals surface area (Å²) in [6.45, 7) is 1.96. The number of amides is 1. The molecule has 0 fully saturated rings.